The zero-order chi connectivity index (χ0) is 18.5. The first-order valence-electron chi connectivity index (χ1n) is 8.80. The van der Waals surface area contributed by atoms with E-state index >= 15 is 0 Å². The molecule has 3 nitrogen and oxygen atoms in total. The van der Waals surface area contributed by atoms with E-state index in [9.17, 15) is 0 Å². The predicted molar refractivity (Wildman–Crippen MR) is 114 cm³/mol. The second-order valence-corrected chi connectivity index (χ2v) is 7.75. The van der Waals surface area contributed by atoms with E-state index in [-0.39, 0.29) is 6.04 Å². The molecule has 0 aromatic heterocycles. The fourth-order valence-electron chi connectivity index (χ4n) is 3.12. The molecule has 138 valence electrons. The Morgan fingerprint density at radius 3 is 2.23 bits per heavy atom. The number of piperazine rings is 1. The second-order valence-electron chi connectivity index (χ2n) is 6.55. The Labute approximate surface area is 170 Å². The third-order valence-electron chi connectivity index (χ3n) is 4.74. The molecule has 2 aromatic carbocycles. The van der Waals surface area contributed by atoms with Crippen molar-refractivity contribution in [2.75, 3.05) is 26.2 Å². The molecule has 1 heterocycles. The summed E-state index contributed by atoms with van der Waals surface area (Å²) in [5.41, 5.74) is 2.24. The standard InChI is InChI=1S/C20H23Cl2N3S/c1-15(16-6-3-2-4-7-16)23-20(26)25-12-10-24(11-13-25)14-17-18(21)8-5-9-19(17)22/h2-9,15H,10-14H2,1H3,(H,23,26)/t15-/m0/s1. The van der Waals surface area contributed by atoms with Crippen molar-refractivity contribution in [1.82, 2.24) is 15.1 Å². The minimum atomic E-state index is 0.198. The molecule has 0 aliphatic carbocycles. The van der Waals surface area contributed by atoms with Gasteiger partial charge in [0.2, 0.25) is 0 Å². The van der Waals surface area contributed by atoms with Gasteiger partial charge in [-0.15, -0.1) is 0 Å². The number of benzene rings is 2. The summed E-state index contributed by atoms with van der Waals surface area (Å²) in [5, 5.41) is 5.72. The van der Waals surface area contributed by atoms with Crippen molar-refractivity contribution in [2.45, 2.75) is 19.5 Å². The third kappa shape index (κ3) is 4.89. The van der Waals surface area contributed by atoms with Gasteiger partial charge in [-0.25, -0.2) is 0 Å². The van der Waals surface area contributed by atoms with Gasteiger partial charge in [0.25, 0.3) is 0 Å². The van der Waals surface area contributed by atoms with E-state index in [1.807, 2.05) is 24.3 Å². The van der Waals surface area contributed by atoms with Gasteiger partial charge in [0.1, 0.15) is 0 Å². The van der Waals surface area contributed by atoms with Crippen molar-refractivity contribution < 1.29 is 0 Å². The van der Waals surface area contributed by atoms with Crippen molar-refractivity contribution in [1.29, 1.82) is 0 Å². The number of hydrogen-bond donors (Lipinski definition) is 1. The molecule has 1 saturated heterocycles. The molecule has 1 aliphatic rings. The largest absolute Gasteiger partial charge is 0.356 e. The number of thiocarbonyl (C=S) groups is 1. The van der Waals surface area contributed by atoms with E-state index < -0.39 is 0 Å². The second kappa shape index (κ2) is 9.05. The van der Waals surface area contributed by atoms with E-state index in [4.69, 9.17) is 35.4 Å². The van der Waals surface area contributed by atoms with Crippen LogP contribution in [0.4, 0.5) is 0 Å². The number of hydrogen-bond acceptors (Lipinski definition) is 2. The van der Waals surface area contributed by atoms with Crippen molar-refractivity contribution in [3.05, 3.63) is 69.7 Å². The van der Waals surface area contributed by atoms with Crippen molar-refractivity contribution >= 4 is 40.5 Å². The van der Waals surface area contributed by atoms with Gasteiger partial charge in [0, 0.05) is 48.3 Å². The summed E-state index contributed by atoms with van der Waals surface area (Å²) in [7, 11) is 0. The lowest BCUT2D eigenvalue weighted by Gasteiger charge is -2.37. The topological polar surface area (TPSA) is 18.5 Å². The fourth-order valence-corrected chi connectivity index (χ4v) is 3.99. The minimum Gasteiger partial charge on any atom is -0.356 e. The highest BCUT2D eigenvalue weighted by Crippen LogP contribution is 2.26. The lowest BCUT2D eigenvalue weighted by atomic mass is 10.1. The molecule has 6 heteroatoms. The smallest absolute Gasteiger partial charge is 0.169 e. The van der Waals surface area contributed by atoms with Crippen LogP contribution in [0.3, 0.4) is 0 Å². The first kappa shape index (κ1) is 19.4. The maximum Gasteiger partial charge on any atom is 0.169 e. The summed E-state index contributed by atoms with van der Waals surface area (Å²) in [6.45, 7) is 6.57. The van der Waals surface area contributed by atoms with Gasteiger partial charge in [0.15, 0.2) is 5.11 Å². The Kier molecular flexibility index (Phi) is 6.76. The molecular formula is C20H23Cl2N3S. The van der Waals surface area contributed by atoms with Crippen molar-refractivity contribution in [3.8, 4) is 0 Å². The zero-order valence-corrected chi connectivity index (χ0v) is 17.1. The summed E-state index contributed by atoms with van der Waals surface area (Å²) >= 11 is 18.2. The average Bonchev–Trinajstić information content (AvgIpc) is 2.66. The van der Waals surface area contributed by atoms with E-state index in [1.165, 1.54) is 5.56 Å². The molecule has 0 saturated carbocycles. The van der Waals surface area contributed by atoms with Crippen LogP contribution in [-0.4, -0.2) is 41.1 Å². The highest BCUT2D eigenvalue weighted by atomic mass is 35.5. The van der Waals surface area contributed by atoms with Crippen LogP contribution in [0.25, 0.3) is 0 Å². The Hall–Kier alpha value is -1.33. The lowest BCUT2D eigenvalue weighted by Crippen LogP contribution is -2.51. The highest BCUT2D eigenvalue weighted by molar-refractivity contribution is 7.80. The van der Waals surface area contributed by atoms with Crippen molar-refractivity contribution in [3.63, 3.8) is 0 Å². The van der Waals surface area contributed by atoms with E-state index in [0.29, 0.717) is 0 Å². The summed E-state index contributed by atoms with van der Waals surface area (Å²) in [4.78, 5) is 4.60. The molecule has 1 atom stereocenters. The predicted octanol–water partition coefficient (Wildman–Crippen LogP) is 4.75. The van der Waals surface area contributed by atoms with Gasteiger partial charge in [-0.05, 0) is 36.8 Å². The molecule has 26 heavy (non-hydrogen) atoms. The van der Waals surface area contributed by atoms with Gasteiger partial charge >= 0.3 is 0 Å². The summed E-state index contributed by atoms with van der Waals surface area (Å²) in [5.74, 6) is 0. The molecule has 1 aliphatic heterocycles. The fraction of sp³-hybridized carbons (Fsp3) is 0.350. The normalized spacial score (nSPS) is 16.3. The van der Waals surface area contributed by atoms with Gasteiger partial charge in [-0.2, -0.15) is 0 Å². The van der Waals surface area contributed by atoms with Crippen LogP contribution in [0.5, 0.6) is 0 Å². The van der Waals surface area contributed by atoms with Crippen LogP contribution in [-0.2, 0) is 6.54 Å². The number of nitrogens with one attached hydrogen (secondary N) is 1. The molecular weight excluding hydrogens is 385 g/mol. The molecule has 1 fully saturated rings. The first-order chi connectivity index (χ1) is 12.5. The highest BCUT2D eigenvalue weighted by Gasteiger charge is 2.21. The number of halogens is 2. The molecule has 0 unspecified atom stereocenters. The van der Waals surface area contributed by atoms with Gasteiger partial charge in [-0.3, -0.25) is 4.90 Å². The van der Waals surface area contributed by atoms with Gasteiger partial charge in [-0.1, -0.05) is 59.6 Å². The lowest BCUT2D eigenvalue weighted by molar-refractivity contribution is 0.174. The van der Waals surface area contributed by atoms with Crippen LogP contribution in [0, 0.1) is 0 Å². The molecule has 0 bridgehead atoms. The van der Waals surface area contributed by atoms with E-state index in [1.54, 1.807) is 0 Å². The van der Waals surface area contributed by atoms with Crippen LogP contribution < -0.4 is 5.32 Å². The first-order valence-corrected chi connectivity index (χ1v) is 9.96. The Bertz CT molecular complexity index is 726. The SMILES string of the molecule is C[C@H](NC(=S)N1CCN(Cc2c(Cl)cccc2Cl)CC1)c1ccccc1. The Balaban J connectivity index is 1.51. The van der Waals surface area contributed by atoms with Crippen LogP contribution >= 0.6 is 35.4 Å². The quantitative estimate of drug-likeness (QED) is 0.736. The monoisotopic (exact) mass is 407 g/mol. The molecule has 2 aromatic rings. The summed E-state index contributed by atoms with van der Waals surface area (Å²) in [6, 6.07) is 16.2. The molecule has 0 spiro atoms. The van der Waals surface area contributed by atoms with Crippen molar-refractivity contribution in [2.24, 2.45) is 0 Å². The molecule has 1 N–H and O–H groups in total. The van der Waals surface area contributed by atoms with Gasteiger partial charge < -0.3 is 10.2 Å². The average molecular weight is 408 g/mol. The third-order valence-corrected chi connectivity index (χ3v) is 5.83. The van der Waals surface area contributed by atoms with E-state index in [0.717, 1.165) is 53.4 Å². The number of rotatable bonds is 4. The van der Waals surface area contributed by atoms with Gasteiger partial charge in [0.05, 0.1) is 6.04 Å². The zero-order valence-electron chi connectivity index (χ0n) is 14.8. The molecule has 0 amide bonds. The molecule has 3 rings (SSSR count). The Morgan fingerprint density at radius 1 is 1.00 bits per heavy atom. The molecule has 0 radical (unpaired) electrons. The summed E-state index contributed by atoms with van der Waals surface area (Å²) in [6.07, 6.45) is 0. The maximum absolute atomic E-state index is 6.29. The number of nitrogens with zero attached hydrogens (tertiary/aromatic N) is 2. The Morgan fingerprint density at radius 2 is 1.62 bits per heavy atom. The van der Waals surface area contributed by atoms with Crippen LogP contribution in [0.1, 0.15) is 24.1 Å². The minimum absolute atomic E-state index is 0.198. The van der Waals surface area contributed by atoms with E-state index in [2.05, 4.69) is 46.3 Å². The summed E-state index contributed by atoms with van der Waals surface area (Å²) < 4.78 is 0. The van der Waals surface area contributed by atoms with Crippen LogP contribution in [0.2, 0.25) is 10.0 Å². The maximum atomic E-state index is 6.29. The van der Waals surface area contributed by atoms with Crippen LogP contribution in [0.15, 0.2) is 48.5 Å².